The highest BCUT2D eigenvalue weighted by molar-refractivity contribution is 7.21. The Bertz CT molecular complexity index is 692. The number of carbonyl (C=O) groups excluding carboxylic acids is 1. The van der Waals surface area contributed by atoms with E-state index >= 15 is 0 Å². The van der Waals surface area contributed by atoms with Crippen molar-refractivity contribution in [1.29, 1.82) is 0 Å². The number of thiophene rings is 1. The Balaban J connectivity index is 1.79. The third-order valence-electron chi connectivity index (χ3n) is 4.27. The van der Waals surface area contributed by atoms with Gasteiger partial charge in [0.25, 0.3) is 5.91 Å². The third-order valence-corrected chi connectivity index (χ3v) is 5.38. The minimum absolute atomic E-state index is 0.101. The number of pyridine rings is 1. The largest absolute Gasteiger partial charge is 0.397 e. The van der Waals surface area contributed by atoms with E-state index in [1.807, 2.05) is 13.0 Å². The van der Waals surface area contributed by atoms with Gasteiger partial charge in [-0.3, -0.25) is 4.79 Å². The fraction of sp³-hybridized carbons (Fsp3) is 0.467. The summed E-state index contributed by atoms with van der Waals surface area (Å²) in [5.74, 6) is -0.140. The normalized spacial score (nSPS) is 16.1. The Morgan fingerprint density at radius 3 is 2.95 bits per heavy atom. The van der Waals surface area contributed by atoms with E-state index < -0.39 is 0 Å². The maximum Gasteiger partial charge on any atom is 0.263 e. The Hall–Kier alpha value is -1.66. The number of rotatable bonds is 5. The molecule has 5 nitrogen and oxygen atoms in total. The van der Waals surface area contributed by atoms with Crippen LogP contribution in [-0.2, 0) is 0 Å². The van der Waals surface area contributed by atoms with Crippen molar-refractivity contribution in [3.63, 3.8) is 0 Å². The van der Waals surface area contributed by atoms with E-state index in [0.29, 0.717) is 17.1 Å². The monoisotopic (exact) mass is 305 g/mol. The van der Waals surface area contributed by atoms with Gasteiger partial charge in [0.05, 0.1) is 5.69 Å². The summed E-state index contributed by atoms with van der Waals surface area (Å²) in [4.78, 5) is 18.0. The molecule has 21 heavy (non-hydrogen) atoms. The van der Waals surface area contributed by atoms with E-state index in [1.54, 1.807) is 6.20 Å². The highest BCUT2D eigenvalue weighted by Gasteiger charge is 2.42. The van der Waals surface area contributed by atoms with Crippen LogP contribution in [0.1, 0.15) is 34.5 Å². The molecule has 0 bridgehead atoms. The average molecular weight is 305 g/mol. The molecule has 0 atom stereocenters. The maximum atomic E-state index is 12.4. The molecule has 0 radical (unpaired) electrons. The van der Waals surface area contributed by atoms with Gasteiger partial charge in [-0.1, -0.05) is 0 Å². The van der Waals surface area contributed by atoms with Crippen LogP contribution in [0.5, 0.6) is 0 Å². The standard InChI is InChI=1S/C15H19N3O2S/c1-9-2-6-17-14-10(9)11(16)12(21-14)13(20)18-8-15(3-4-15)5-7-19/h2,6,19H,3-5,7-8,16H2,1H3,(H,18,20). The lowest BCUT2D eigenvalue weighted by Gasteiger charge is -2.14. The van der Waals surface area contributed by atoms with Crippen LogP contribution in [0.3, 0.4) is 0 Å². The molecule has 1 fully saturated rings. The Kier molecular flexibility index (Phi) is 3.59. The fourth-order valence-electron chi connectivity index (χ4n) is 2.65. The molecule has 2 aromatic rings. The second-order valence-electron chi connectivity index (χ2n) is 5.81. The van der Waals surface area contributed by atoms with Gasteiger partial charge in [0.2, 0.25) is 0 Å². The summed E-state index contributed by atoms with van der Waals surface area (Å²) in [6, 6.07) is 1.90. The summed E-state index contributed by atoms with van der Waals surface area (Å²) in [7, 11) is 0. The zero-order chi connectivity index (χ0) is 15.0. The molecule has 1 amide bonds. The Labute approximate surface area is 127 Å². The number of carbonyl (C=O) groups is 1. The topological polar surface area (TPSA) is 88.2 Å². The lowest BCUT2D eigenvalue weighted by Crippen LogP contribution is -2.30. The van der Waals surface area contributed by atoms with Crippen molar-refractivity contribution in [1.82, 2.24) is 10.3 Å². The van der Waals surface area contributed by atoms with Crippen LogP contribution in [0.25, 0.3) is 10.2 Å². The van der Waals surface area contributed by atoms with E-state index in [-0.39, 0.29) is 17.9 Å². The van der Waals surface area contributed by atoms with Crippen LogP contribution < -0.4 is 11.1 Å². The molecule has 0 spiro atoms. The molecule has 0 saturated heterocycles. The first-order valence-corrected chi connectivity index (χ1v) is 7.91. The number of aryl methyl sites for hydroxylation is 1. The van der Waals surface area contributed by atoms with Crippen molar-refractivity contribution in [2.45, 2.75) is 26.2 Å². The number of fused-ring (bicyclic) bond motifs is 1. The van der Waals surface area contributed by atoms with Crippen molar-refractivity contribution < 1.29 is 9.90 Å². The van der Waals surface area contributed by atoms with Gasteiger partial charge in [0.1, 0.15) is 9.71 Å². The van der Waals surface area contributed by atoms with E-state index in [0.717, 1.165) is 35.0 Å². The lowest BCUT2D eigenvalue weighted by molar-refractivity contribution is 0.0945. The highest BCUT2D eigenvalue weighted by Crippen LogP contribution is 2.48. The van der Waals surface area contributed by atoms with Gasteiger partial charge in [0.15, 0.2) is 0 Å². The first-order chi connectivity index (χ1) is 10.1. The number of anilines is 1. The van der Waals surface area contributed by atoms with Crippen molar-refractivity contribution in [2.24, 2.45) is 5.41 Å². The molecule has 0 aliphatic heterocycles. The number of nitrogens with zero attached hydrogens (tertiary/aromatic N) is 1. The van der Waals surface area contributed by atoms with Crippen LogP contribution >= 0.6 is 11.3 Å². The van der Waals surface area contributed by atoms with Crippen LogP contribution in [0, 0.1) is 12.3 Å². The van der Waals surface area contributed by atoms with Crippen molar-refractivity contribution in [2.75, 3.05) is 18.9 Å². The quantitative estimate of drug-likeness (QED) is 0.789. The predicted octanol–water partition coefficient (Wildman–Crippen LogP) is 2.08. The number of aliphatic hydroxyl groups is 1. The van der Waals surface area contributed by atoms with Gasteiger partial charge in [-0.15, -0.1) is 11.3 Å². The predicted molar refractivity (Wildman–Crippen MR) is 84.5 cm³/mol. The number of nitrogens with one attached hydrogen (secondary N) is 1. The Morgan fingerprint density at radius 1 is 1.57 bits per heavy atom. The molecule has 3 rings (SSSR count). The van der Waals surface area contributed by atoms with Crippen molar-refractivity contribution in [3.8, 4) is 0 Å². The fourth-order valence-corrected chi connectivity index (χ4v) is 3.71. The number of amides is 1. The third kappa shape index (κ3) is 2.61. The first-order valence-electron chi connectivity index (χ1n) is 7.09. The molecule has 112 valence electrons. The summed E-state index contributed by atoms with van der Waals surface area (Å²) in [5.41, 5.74) is 7.78. The molecule has 2 aromatic heterocycles. The average Bonchev–Trinajstić information content (AvgIpc) is 3.14. The van der Waals surface area contributed by atoms with E-state index in [1.165, 1.54) is 11.3 Å². The second kappa shape index (κ2) is 5.27. The first kappa shape index (κ1) is 14.3. The number of hydrogen-bond donors (Lipinski definition) is 3. The molecular formula is C15H19N3O2S. The molecule has 1 saturated carbocycles. The minimum Gasteiger partial charge on any atom is -0.397 e. The van der Waals surface area contributed by atoms with Gasteiger partial charge in [0, 0.05) is 24.7 Å². The Morgan fingerprint density at radius 2 is 2.33 bits per heavy atom. The smallest absolute Gasteiger partial charge is 0.263 e. The minimum atomic E-state index is -0.140. The van der Waals surface area contributed by atoms with Gasteiger partial charge >= 0.3 is 0 Å². The lowest BCUT2D eigenvalue weighted by atomic mass is 10.0. The van der Waals surface area contributed by atoms with Gasteiger partial charge in [-0.05, 0) is 43.2 Å². The van der Waals surface area contributed by atoms with Crippen LogP contribution in [0.15, 0.2) is 12.3 Å². The van der Waals surface area contributed by atoms with Crippen LogP contribution in [0.2, 0.25) is 0 Å². The zero-order valence-corrected chi connectivity index (χ0v) is 12.8. The zero-order valence-electron chi connectivity index (χ0n) is 12.0. The van der Waals surface area contributed by atoms with Crippen LogP contribution in [-0.4, -0.2) is 29.1 Å². The van der Waals surface area contributed by atoms with Gasteiger partial charge in [-0.2, -0.15) is 0 Å². The number of aliphatic hydroxyl groups excluding tert-OH is 1. The summed E-state index contributed by atoms with van der Waals surface area (Å²) in [6.45, 7) is 2.74. The molecule has 1 aliphatic carbocycles. The number of nitrogens with two attached hydrogens (primary N) is 1. The van der Waals surface area contributed by atoms with E-state index in [4.69, 9.17) is 10.8 Å². The molecular weight excluding hydrogens is 286 g/mol. The van der Waals surface area contributed by atoms with Crippen LogP contribution in [0.4, 0.5) is 5.69 Å². The second-order valence-corrected chi connectivity index (χ2v) is 6.81. The molecule has 0 unspecified atom stereocenters. The summed E-state index contributed by atoms with van der Waals surface area (Å²) >= 11 is 1.33. The number of hydrogen-bond acceptors (Lipinski definition) is 5. The summed E-state index contributed by atoms with van der Waals surface area (Å²) in [6.07, 6.45) is 4.61. The maximum absolute atomic E-state index is 12.4. The van der Waals surface area contributed by atoms with E-state index in [2.05, 4.69) is 10.3 Å². The summed E-state index contributed by atoms with van der Waals surface area (Å²) in [5, 5.41) is 12.9. The molecule has 2 heterocycles. The van der Waals surface area contributed by atoms with Crippen molar-refractivity contribution in [3.05, 3.63) is 22.7 Å². The van der Waals surface area contributed by atoms with Crippen molar-refractivity contribution >= 4 is 33.1 Å². The molecule has 1 aliphatic rings. The number of aromatic nitrogens is 1. The highest BCUT2D eigenvalue weighted by atomic mass is 32.1. The number of nitrogen functional groups attached to an aromatic ring is 1. The molecule has 4 N–H and O–H groups in total. The SMILES string of the molecule is Cc1ccnc2sc(C(=O)NCC3(CCO)CC3)c(N)c12. The van der Waals surface area contributed by atoms with Gasteiger partial charge in [-0.25, -0.2) is 4.98 Å². The molecule has 6 heteroatoms. The molecule has 0 aromatic carbocycles. The van der Waals surface area contributed by atoms with Gasteiger partial charge < -0.3 is 16.2 Å². The van der Waals surface area contributed by atoms with E-state index in [9.17, 15) is 4.79 Å². The summed E-state index contributed by atoms with van der Waals surface area (Å²) < 4.78 is 0.